The van der Waals surface area contributed by atoms with Crippen molar-refractivity contribution in [1.29, 1.82) is 0 Å². The predicted octanol–water partition coefficient (Wildman–Crippen LogP) is 3.80. The lowest BCUT2D eigenvalue weighted by Crippen LogP contribution is -2.05. The molecule has 4 rings (SSSR count). The first-order chi connectivity index (χ1) is 15.1. The summed E-state index contributed by atoms with van der Waals surface area (Å²) in [5.41, 5.74) is 2.55. The molecule has 0 saturated carbocycles. The van der Waals surface area contributed by atoms with Crippen LogP contribution in [0.15, 0.2) is 71.9 Å². The van der Waals surface area contributed by atoms with Gasteiger partial charge in [-0.25, -0.2) is 9.37 Å². The van der Waals surface area contributed by atoms with Crippen LogP contribution in [0.4, 0.5) is 4.39 Å². The minimum Gasteiger partial charge on any atom is -0.294 e. The number of nitrogens with zero attached hydrogens (tertiary/aromatic N) is 4. The number of hydrogen-bond acceptors (Lipinski definition) is 7. The molecule has 0 aliphatic carbocycles. The average molecular weight is 433 g/mol. The van der Waals surface area contributed by atoms with E-state index in [1.54, 1.807) is 48.5 Å². The first-order valence-electron chi connectivity index (χ1n) is 9.32. The molecule has 7 nitrogen and oxygen atoms in total. The van der Waals surface area contributed by atoms with Crippen LogP contribution in [0, 0.1) is 5.82 Å². The molecule has 0 amide bonds. The number of Topliss-reactive ketones (excluding diaryl/α,β-unsaturated/α-hetero) is 2. The molecule has 9 heteroatoms. The molecule has 2 aromatic heterocycles. The number of aromatic nitrogens is 5. The average Bonchev–Trinajstić information content (AvgIpc) is 3.34. The van der Waals surface area contributed by atoms with Gasteiger partial charge in [0.05, 0.1) is 10.8 Å². The summed E-state index contributed by atoms with van der Waals surface area (Å²) in [6.07, 6.45) is 1.67. The zero-order chi connectivity index (χ0) is 21.6. The van der Waals surface area contributed by atoms with E-state index in [0.29, 0.717) is 22.0 Å². The lowest BCUT2D eigenvalue weighted by atomic mass is 10.0. The maximum Gasteiger partial charge on any atom is 0.204 e. The number of pyridine rings is 1. The molecule has 2 aromatic carbocycles. The van der Waals surface area contributed by atoms with Gasteiger partial charge >= 0.3 is 0 Å². The number of carbonyl (C=O) groups is 2. The molecule has 0 saturated heterocycles. The van der Waals surface area contributed by atoms with E-state index in [4.69, 9.17) is 0 Å². The van der Waals surface area contributed by atoms with E-state index < -0.39 is 0 Å². The smallest absolute Gasteiger partial charge is 0.204 e. The summed E-state index contributed by atoms with van der Waals surface area (Å²) in [6, 6.07) is 16.2. The van der Waals surface area contributed by atoms with Crippen molar-refractivity contribution in [2.24, 2.45) is 0 Å². The highest BCUT2D eigenvalue weighted by Gasteiger charge is 2.11. The number of thioether (sulfide) groups is 1. The van der Waals surface area contributed by atoms with E-state index >= 15 is 0 Å². The Kier molecular flexibility index (Phi) is 6.23. The van der Waals surface area contributed by atoms with Crippen LogP contribution < -0.4 is 0 Å². The van der Waals surface area contributed by atoms with Gasteiger partial charge in [0.1, 0.15) is 5.82 Å². The van der Waals surface area contributed by atoms with E-state index in [9.17, 15) is 14.0 Å². The van der Waals surface area contributed by atoms with Crippen LogP contribution in [-0.2, 0) is 6.42 Å². The minimum absolute atomic E-state index is 0.0390. The van der Waals surface area contributed by atoms with Crippen molar-refractivity contribution >= 4 is 23.3 Å². The number of hydrogen-bond donors (Lipinski definition) is 1. The van der Waals surface area contributed by atoms with Crippen molar-refractivity contribution in [1.82, 2.24) is 25.6 Å². The summed E-state index contributed by atoms with van der Waals surface area (Å²) < 4.78 is 13.0. The van der Waals surface area contributed by atoms with Gasteiger partial charge in [0.25, 0.3) is 0 Å². The first kappa shape index (κ1) is 20.5. The Labute approximate surface area is 181 Å². The lowest BCUT2D eigenvalue weighted by Gasteiger charge is -2.04. The number of carbonyl (C=O) groups excluding carboxylic acids is 2. The molecule has 1 N–H and O–H groups in total. The standard InChI is InChI=1S/C22H16FN5O2S/c23-18-8-1-14(2-9-18)11-19(29)17-7-10-21(24-12-17)31-13-20(30)15-3-5-16(6-4-15)22-25-27-28-26-22/h1-10,12H,11,13H2,(H,25,26,27,28). The van der Waals surface area contributed by atoms with Gasteiger partial charge in [0.15, 0.2) is 11.6 Å². The molecule has 0 atom stereocenters. The second-order valence-electron chi connectivity index (χ2n) is 6.64. The minimum atomic E-state index is -0.336. The molecule has 0 aliphatic rings. The zero-order valence-corrected chi connectivity index (χ0v) is 17.0. The van der Waals surface area contributed by atoms with Gasteiger partial charge in [-0.2, -0.15) is 5.21 Å². The number of H-pyrrole nitrogens is 1. The largest absolute Gasteiger partial charge is 0.294 e. The molecule has 0 bridgehead atoms. The third-order valence-electron chi connectivity index (χ3n) is 4.50. The lowest BCUT2D eigenvalue weighted by molar-refractivity contribution is 0.0990. The van der Waals surface area contributed by atoms with Crippen LogP contribution in [-0.4, -0.2) is 42.9 Å². The molecule has 0 spiro atoms. The van der Waals surface area contributed by atoms with Crippen LogP contribution in [0.3, 0.4) is 0 Å². The fourth-order valence-electron chi connectivity index (χ4n) is 2.83. The maximum absolute atomic E-state index is 13.0. The van der Waals surface area contributed by atoms with E-state index in [1.807, 2.05) is 0 Å². The molecule has 0 radical (unpaired) electrons. The van der Waals surface area contributed by atoms with Gasteiger partial charge in [-0.15, -0.1) is 10.2 Å². The third-order valence-corrected chi connectivity index (χ3v) is 5.44. The highest BCUT2D eigenvalue weighted by Crippen LogP contribution is 2.20. The Hall–Kier alpha value is -3.72. The summed E-state index contributed by atoms with van der Waals surface area (Å²) in [6.45, 7) is 0. The van der Waals surface area contributed by atoms with E-state index in [-0.39, 0.29) is 29.6 Å². The number of benzene rings is 2. The van der Waals surface area contributed by atoms with Gasteiger partial charge < -0.3 is 0 Å². The number of ketones is 2. The van der Waals surface area contributed by atoms with Crippen molar-refractivity contribution in [2.75, 3.05) is 5.75 Å². The fraction of sp³-hybridized carbons (Fsp3) is 0.0909. The Morgan fingerprint density at radius 3 is 2.29 bits per heavy atom. The molecule has 4 aromatic rings. The molecule has 31 heavy (non-hydrogen) atoms. The van der Waals surface area contributed by atoms with Crippen molar-refractivity contribution in [3.05, 3.63) is 89.4 Å². The number of tetrazole rings is 1. The fourth-order valence-corrected chi connectivity index (χ4v) is 3.57. The molecule has 0 aliphatic heterocycles. The Morgan fingerprint density at radius 1 is 0.903 bits per heavy atom. The molecule has 0 unspecified atom stereocenters. The number of halogens is 1. The molecular formula is C22H16FN5O2S. The summed E-state index contributed by atoms with van der Waals surface area (Å²) in [7, 11) is 0. The van der Waals surface area contributed by atoms with Crippen LogP contribution >= 0.6 is 11.8 Å². The van der Waals surface area contributed by atoms with Crippen LogP contribution in [0.2, 0.25) is 0 Å². The highest BCUT2D eigenvalue weighted by atomic mass is 32.2. The van der Waals surface area contributed by atoms with E-state index in [2.05, 4.69) is 25.6 Å². The van der Waals surface area contributed by atoms with E-state index in [0.717, 1.165) is 11.1 Å². The zero-order valence-electron chi connectivity index (χ0n) is 16.2. The van der Waals surface area contributed by atoms with Gasteiger partial charge in [-0.3, -0.25) is 9.59 Å². The Morgan fingerprint density at radius 2 is 1.65 bits per heavy atom. The molecule has 2 heterocycles. The Bertz CT molecular complexity index is 1180. The van der Waals surface area contributed by atoms with Gasteiger partial charge in [-0.1, -0.05) is 48.2 Å². The number of nitrogens with one attached hydrogen (secondary N) is 1. The van der Waals surface area contributed by atoms with Gasteiger partial charge in [0.2, 0.25) is 5.82 Å². The van der Waals surface area contributed by atoms with Crippen molar-refractivity contribution in [2.45, 2.75) is 11.4 Å². The third kappa shape index (κ3) is 5.26. The van der Waals surface area contributed by atoms with Crippen molar-refractivity contribution in [3.63, 3.8) is 0 Å². The molecule has 154 valence electrons. The van der Waals surface area contributed by atoms with Gasteiger partial charge in [-0.05, 0) is 35.0 Å². The molecular weight excluding hydrogens is 417 g/mol. The first-order valence-corrected chi connectivity index (χ1v) is 10.3. The quantitative estimate of drug-likeness (QED) is 0.333. The van der Waals surface area contributed by atoms with Crippen molar-refractivity contribution < 1.29 is 14.0 Å². The summed E-state index contributed by atoms with van der Waals surface area (Å²) in [5, 5.41) is 14.3. The monoisotopic (exact) mass is 433 g/mol. The van der Waals surface area contributed by atoms with E-state index in [1.165, 1.54) is 30.1 Å². The second-order valence-corrected chi connectivity index (χ2v) is 7.63. The van der Waals surface area contributed by atoms with Crippen LogP contribution in [0.25, 0.3) is 11.4 Å². The predicted molar refractivity (Wildman–Crippen MR) is 113 cm³/mol. The topological polar surface area (TPSA) is 101 Å². The summed E-state index contributed by atoms with van der Waals surface area (Å²) >= 11 is 1.30. The number of rotatable bonds is 8. The highest BCUT2D eigenvalue weighted by molar-refractivity contribution is 7.99. The number of aromatic amines is 1. The summed E-state index contributed by atoms with van der Waals surface area (Å²) in [4.78, 5) is 29.1. The normalized spacial score (nSPS) is 10.7. The van der Waals surface area contributed by atoms with Crippen molar-refractivity contribution in [3.8, 4) is 11.4 Å². The van der Waals surface area contributed by atoms with Gasteiger partial charge in [0, 0.05) is 29.3 Å². The second kappa shape index (κ2) is 9.40. The maximum atomic E-state index is 13.0. The SMILES string of the molecule is O=C(CSc1ccc(C(=O)Cc2ccc(F)cc2)cn1)c1ccc(-c2nn[nH]n2)cc1. The van der Waals surface area contributed by atoms with Crippen LogP contribution in [0.1, 0.15) is 26.3 Å². The molecule has 0 fully saturated rings. The van der Waals surface area contributed by atoms with Crippen LogP contribution in [0.5, 0.6) is 0 Å². The Balaban J connectivity index is 1.32. The summed E-state index contributed by atoms with van der Waals surface area (Å²) in [5.74, 6) is 0.206.